The molecule has 1 fully saturated rings. The Balaban J connectivity index is 1.61. The fourth-order valence-electron chi connectivity index (χ4n) is 3.26. The minimum Gasteiger partial charge on any atom is -0.492 e. The molecule has 0 saturated carbocycles. The summed E-state index contributed by atoms with van der Waals surface area (Å²) in [5.41, 5.74) is 4.53. The molecule has 0 bridgehead atoms. The van der Waals surface area contributed by atoms with E-state index in [1.807, 2.05) is 36.1 Å². The molecule has 1 aliphatic heterocycles. The van der Waals surface area contributed by atoms with E-state index in [1.165, 1.54) is 16.8 Å². The van der Waals surface area contributed by atoms with Crippen LogP contribution in [0.25, 0.3) is 0 Å². The number of para-hydroxylation sites is 2. The van der Waals surface area contributed by atoms with Gasteiger partial charge in [-0.15, -0.1) is 0 Å². The summed E-state index contributed by atoms with van der Waals surface area (Å²) in [5, 5.41) is 2.98. The van der Waals surface area contributed by atoms with Crippen molar-refractivity contribution in [3.8, 4) is 5.75 Å². The Morgan fingerprint density at radius 1 is 1.08 bits per heavy atom. The molecule has 2 aromatic rings. The highest BCUT2D eigenvalue weighted by atomic mass is 16.5. The van der Waals surface area contributed by atoms with Gasteiger partial charge < -0.3 is 19.9 Å². The van der Waals surface area contributed by atoms with Gasteiger partial charge in [0.25, 0.3) is 0 Å². The summed E-state index contributed by atoms with van der Waals surface area (Å²) < 4.78 is 5.58. The van der Waals surface area contributed by atoms with Crippen LogP contribution in [-0.2, 0) is 0 Å². The zero-order valence-electron chi connectivity index (χ0n) is 15.8. The van der Waals surface area contributed by atoms with Crippen molar-refractivity contribution in [2.45, 2.75) is 20.8 Å². The van der Waals surface area contributed by atoms with Gasteiger partial charge in [0.15, 0.2) is 0 Å². The van der Waals surface area contributed by atoms with Gasteiger partial charge in [0.2, 0.25) is 0 Å². The highest BCUT2D eigenvalue weighted by Crippen LogP contribution is 2.25. The first-order valence-electron chi connectivity index (χ1n) is 9.18. The van der Waals surface area contributed by atoms with E-state index in [9.17, 15) is 4.79 Å². The lowest BCUT2D eigenvalue weighted by molar-refractivity contribution is 0.208. The third-order valence-corrected chi connectivity index (χ3v) is 4.70. The third-order valence-electron chi connectivity index (χ3n) is 4.70. The summed E-state index contributed by atoms with van der Waals surface area (Å²) in [5.74, 6) is 0.706. The molecular weight excluding hydrogens is 326 g/mol. The first kappa shape index (κ1) is 18.1. The van der Waals surface area contributed by atoms with Gasteiger partial charge in [-0.3, -0.25) is 0 Å². The number of amides is 2. The third kappa shape index (κ3) is 4.10. The van der Waals surface area contributed by atoms with Crippen LogP contribution in [0.3, 0.4) is 0 Å². The van der Waals surface area contributed by atoms with Gasteiger partial charge in [-0.25, -0.2) is 4.79 Å². The Morgan fingerprint density at radius 2 is 1.81 bits per heavy atom. The van der Waals surface area contributed by atoms with Crippen molar-refractivity contribution >= 4 is 17.4 Å². The molecule has 1 N–H and O–H groups in total. The molecule has 0 unspecified atom stereocenters. The van der Waals surface area contributed by atoms with E-state index >= 15 is 0 Å². The average Bonchev–Trinajstić information content (AvgIpc) is 2.65. The van der Waals surface area contributed by atoms with Gasteiger partial charge in [-0.2, -0.15) is 0 Å². The zero-order chi connectivity index (χ0) is 18.5. The van der Waals surface area contributed by atoms with Gasteiger partial charge in [0.05, 0.1) is 12.3 Å². The van der Waals surface area contributed by atoms with Crippen molar-refractivity contribution in [3.05, 3.63) is 53.6 Å². The number of aryl methyl sites for hydroxylation is 2. The number of urea groups is 1. The summed E-state index contributed by atoms with van der Waals surface area (Å²) in [6.45, 7) is 9.84. The molecule has 0 atom stereocenters. The monoisotopic (exact) mass is 353 g/mol. The van der Waals surface area contributed by atoms with E-state index in [0.717, 1.165) is 18.8 Å². The highest BCUT2D eigenvalue weighted by Gasteiger charge is 2.22. The largest absolute Gasteiger partial charge is 0.492 e. The molecule has 1 heterocycles. The molecule has 26 heavy (non-hydrogen) atoms. The number of hydrogen-bond acceptors (Lipinski definition) is 3. The van der Waals surface area contributed by atoms with Crippen molar-refractivity contribution in [3.63, 3.8) is 0 Å². The summed E-state index contributed by atoms with van der Waals surface area (Å²) in [6, 6.07) is 14.0. The van der Waals surface area contributed by atoms with Crippen LogP contribution in [-0.4, -0.2) is 43.7 Å². The molecule has 3 rings (SSSR count). The molecule has 5 heteroatoms. The van der Waals surface area contributed by atoms with Crippen LogP contribution in [0.15, 0.2) is 42.5 Å². The number of carbonyl (C=O) groups excluding carboxylic acids is 1. The second-order valence-corrected chi connectivity index (χ2v) is 6.62. The van der Waals surface area contributed by atoms with E-state index in [-0.39, 0.29) is 6.03 Å². The Hall–Kier alpha value is -2.69. The molecule has 0 spiro atoms. The van der Waals surface area contributed by atoms with Gasteiger partial charge in [-0.1, -0.05) is 24.3 Å². The minimum atomic E-state index is -0.0715. The molecule has 138 valence electrons. The first-order chi connectivity index (χ1) is 12.6. The number of nitrogens with zero attached hydrogens (tertiary/aromatic N) is 2. The number of hydrogen-bond donors (Lipinski definition) is 1. The predicted octanol–water partition coefficient (Wildman–Crippen LogP) is 4.06. The number of rotatable bonds is 4. The van der Waals surface area contributed by atoms with Crippen molar-refractivity contribution in [1.29, 1.82) is 0 Å². The maximum atomic E-state index is 12.6. The van der Waals surface area contributed by atoms with E-state index in [1.54, 1.807) is 0 Å². The normalized spacial score (nSPS) is 14.3. The summed E-state index contributed by atoms with van der Waals surface area (Å²) >= 11 is 0. The number of carbonyl (C=O) groups is 1. The van der Waals surface area contributed by atoms with Crippen LogP contribution in [0.5, 0.6) is 5.75 Å². The smallest absolute Gasteiger partial charge is 0.322 e. The van der Waals surface area contributed by atoms with Crippen LogP contribution in [0.2, 0.25) is 0 Å². The number of ether oxygens (including phenoxy) is 1. The maximum Gasteiger partial charge on any atom is 0.322 e. The van der Waals surface area contributed by atoms with E-state index in [4.69, 9.17) is 4.74 Å². The summed E-state index contributed by atoms with van der Waals surface area (Å²) in [7, 11) is 0. The number of benzene rings is 2. The van der Waals surface area contributed by atoms with Gasteiger partial charge in [0, 0.05) is 31.9 Å². The maximum absolute atomic E-state index is 12.6. The lowest BCUT2D eigenvalue weighted by Crippen LogP contribution is -2.50. The molecule has 0 radical (unpaired) electrons. The van der Waals surface area contributed by atoms with Crippen molar-refractivity contribution in [1.82, 2.24) is 4.90 Å². The Kier molecular flexibility index (Phi) is 5.66. The van der Waals surface area contributed by atoms with E-state index in [0.29, 0.717) is 25.4 Å². The highest BCUT2D eigenvalue weighted by molar-refractivity contribution is 5.91. The topological polar surface area (TPSA) is 44.8 Å². The lowest BCUT2D eigenvalue weighted by Gasteiger charge is -2.37. The van der Waals surface area contributed by atoms with Crippen LogP contribution in [0, 0.1) is 13.8 Å². The van der Waals surface area contributed by atoms with Crippen LogP contribution in [0.4, 0.5) is 16.2 Å². The molecule has 2 amide bonds. The predicted molar refractivity (Wildman–Crippen MR) is 106 cm³/mol. The molecule has 2 aromatic carbocycles. The summed E-state index contributed by atoms with van der Waals surface area (Å²) in [6.07, 6.45) is 0. The lowest BCUT2D eigenvalue weighted by atomic mass is 10.1. The fourth-order valence-corrected chi connectivity index (χ4v) is 3.26. The van der Waals surface area contributed by atoms with E-state index in [2.05, 4.69) is 42.3 Å². The van der Waals surface area contributed by atoms with Crippen molar-refractivity contribution < 1.29 is 9.53 Å². The molecule has 1 saturated heterocycles. The van der Waals surface area contributed by atoms with Crippen molar-refractivity contribution in [2.75, 3.05) is 43.0 Å². The fraction of sp³-hybridized carbons (Fsp3) is 0.381. The number of nitrogens with one attached hydrogen (secondary N) is 1. The van der Waals surface area contributed by atoms with Crippen molar-refractivity contribution in [2.24, 2.45) is 0 Å². The minimum absolute atomic E-state index is 0.0715. The quantitative estimate of drug-likeness (QED) is 0.902. The first-order valence-corrected chi connectivity index (χ1v) is 9.18. The Bertz CT molecular complexity index is 768. The molecule has 0 aliphatic carbocycles. The molecular formula is C21H27N3O2. The number of anilines is 2. The zero-order valence-corrected chi connectivity index (χ0v) is 15.8. The summed E-state index contributed by atoms with van der Waals surface area (Å²) in [4.78, 5) is 16.9. The van der Waals surface area contributed by atoms with Crippen LogP contribution < -0.4 is 15.0 Å². The molecule has 5 nitrogen and oxygen atoms in total. The molecule has 1 aliphatic rings. The van der Waals surface area contributed by atoms with Crippen LogP contribution >= 0.6 is 0 Å². The standard InChI is InChI=1S/C21H27N3O2/c1-4-26-20-8-6-5-7-18(20)22-21(25)24-13-11-23(12-14-24)19-15-16(2)9-10-17(19)3/h5-10,15H,4,11-14H2,1-3H3,(H,22,25). The van der Waals surface area contributed by atoms with E-state index < -0.39 is 0 Å². The Labute approximate surface area is 155 Å². The van der Waals surface area contributed by atoms with Gasteiger partial charge >= 0.3 is 6.03 Å². The average molecular weight is 353 g/mol. The molecule has 0 aromatic heterocycles. The van der Waals surface area contributed by atoms with Crippen LogP contribution in [0.1, 0.15) is 18.1 Å². The SMILES string of the molecule is CCOc1ccccc1NC(=O)N1CCN(c2cc(C)ccc2C)CC1. The number of piperazine rings is 1. The van der Waals surface area contributed by atoms with Gasteiger partial charge in [0.1, 0.15) is 5.75 Å². The van der Waals surface area contributed by atoms with Gasteiger partial charge in [-0.05, 0) is 50.1 Å². The second-order valence-electron chi connectivity index (χ2n) is 6.62. The second kappa shape index (κ2) is 8.13. The Morgan fingerprint density at radius 3 is 2.54 bits per heavy atom.